The Morgan fingerprint density at radius 1 is 1.08 bits per heavy atom. The zero-order valence-corrected chi connectivity index (χ0v) is 17.0. The molecule has 0 bridgehead atoms. The van der Waals surface area contributed by atoms with E-state index in [1.165, 1.54) is 6.20 Å². The Morgan fingerprint density at radius 2 is 1.80 bits per heavy atom. The number of hydrogen-bond acceptors (Lipinski definition) is 4. The molecular formula is C17H22BrCl2N3O2. The van der Waals surface area contributed by atoms with Crippen molar-refractivity contribution in [1.82, 2.24) is 15.6 Å². The number of ether oxygens (including phenoxy) is 1. The number of carbonyl (C=O) groups excluding carboxylic acids is 1. The smallest absolute Gasteiger partial charge is 0.252 e. The summed E-state index contributed by atoms with van der Waals surface area (Å²) in [5, 5.41) is 6.07. The zero-order valence-electron chi connectivity index (χ0n) is 13.8. The summed E-state index contributed by atoms with van der Waals surface area (Å²) < 4.78 is 6.60. The van der Waals surface area contributed by atoms with Crippen molar-refractivity contribution in [2.45, 2.75) is 13.3 Å². The quantitative estimate of drug-likeness (QED) is 0.591. The van der Waals surface area contributed by atoms with Gasteiger partial charge in [-0.2, -0.15) is 0 Å². The minimum atomic E-state index is -0.133. The van der Waals surface area contributed by atoms with Crippen LogP contribution in [0.2, 0.25) is 0 Å². The first kappa shape index (κ1) is 23.7. The number of pyridine rings is 1. The Balaban J connectivity index is 0.00000288. The van der Waals surface area contributed by atoms with Gasteiger partial charge in [-0.3, -0.25) is 4.79 Å². The number of carbonyl (C=O) groups is 1. The monoisotopic (exact) mass is 449 g/mol. The van der Waals surface area contributed by atoms with Crippen molar-refractivity contribution in [2.75, 3.05) is 19.6 Å². The van der Waals surface area contributed by atoms with Crippen molar-refractivity contribution in [1.29, 1.82) is 0 Å². The van der Waals surface area contributed by atoms with E-state index in [-0.39, 0.29) is 30.7 Å². The van der Waals surface area contributed by atoms with Crippen molar-refractivity contribution in [3.05, 3.63) is 52.6 Å². The van der Waals surface area contributed by atoms with Gasteiger partial charge in [-0.15, -0.1) is 24.8 Å². The van der Waals surface area contributed by atoms with Crippen LogP contribution in [0.15, 0.2) is 47.1 Å². The Hall–Kier alpha value is -1.34. The summed E-state index contributed by atoms with van der Waals surface area (Å²) in [6.45, 7) is 4.42. The van der Waals surface area contributed by atoms with Crippen LogP contribution in [-0.2, 0) is 0 Å². The van der Waals surface area contributed by atoms with Crippen molar-refractivity contribution in [3.63, 3.8) is 0 Å². The van der Waals surface area contributed by atoms with Crippen LogP contribution >= 0.6 is 40.7 Å². The third-order valence-electron chi connectivity index (χ3n) is 3.05. The first-order chi connectivity index (χ1) is 11.2. The van der Waals surface area contributed by atoms with E-state index in [1.54, 1.807) is 12.1 Å². The lowest BCUT2D eigenvalue weighted by atomic mass is 10.2. The summed E-state index contributed by atoms with van der Waals surface area (Å²) in [7, 11) is 0. The number of halogens is 3. The number of nitrogens with one attached hydrogen (secondary N) is 2. The maximum absolute atomic E-state index is 12.0. The van der Waals surface area contributed by atoms with Gasteiger partial charge in [0.1, 0.15) is 5.75 Å². The van der Waals surface area contributed by atoms with Crippen LogP contribution in [-0.4, -0.2) is 30.5 Å². The van der Waals surface area contributed by atoms with E-state index in [0.29, 0.717) is 23.7 Å². The van der Waals surface area contributed by atoms with Crippen LogP contribution in [0.4, 0.5) is 0 Å². The fourth-order valence-electron chi connectivity index (χ4n) is 1.87. The van der Waals surface area contributed by atoms with E-state index in [4.69, 9.17) is 4.74 Å². The number of benzene rings is 1. The highest BCUT2D eigenvalue weighted by molar-refractivity contribution is 9.10. The molecule has 138 valence electrons. The van der Waals surface area contributed by atoms with Gasteiger partial charge in [0.05, 0.1) is 5.56 Å². The molecule has 0 unspecified atom stereocenters. The molecule has 0 spiro atoms. The van der Waals surface area contributed by atoms with Gasteiger partial charge >= 0.3 is 0 Å². The highest BCUT2D eigenvalue weighted by Gasteiger charge is 2.06. The van der Waals surface area contributed by atoms with E-state index < -0.39 is 0 Å². The normalized spacial score (nSPS) is 9.52. The predicted molar refractivity (Wildman–Crippen MR) is 108 cm³/mol. The molecule has 1 heterocycles. The topological polar surface area (TPSA) is 63.2 Å². The third-order valence-corrected chi connectivity index (χ3v) is 3.58. The van der Waals surface area contributed by atoms with E-state index in [2.05, 4.69) is 38.5 Å². The molecule has 1 aromatic heterocycles. The minimum absolute atomic E-state index is 0. The molecule has 0 aliphatic heterocycles. The largest absolute Gasteiger partial charge is 0.439 e. The second-order valence-corrected chi connectivity index (χ2v) is 5.86. The van der Waals surface area contributed by atoms with Crippen LogP contribution in [0.5, 0.6) is 11.6 Å². The van der Waals surface area contributed by atoms with Crippen molar-refractivity contribution in [3.8, 4) is 11.6 Å². The van der Waals surface area contributed by atoms with Crippen molar-refractivity contribution in [2.24, 2.45) is 0 Å². The highest BCUT2D eigenvalue weighted by atomic mass is 79.9. The Labute approximate surface area is 168 Å². The lowest BCUT2D eigenvalue weighted by Crippen LogP contribution is -2.32. The van der Waals surface area contributed by atoms with E-state index in [9.17, 15) is 4.79 Å². The molecule has 1 amide bonds. The molecule has 0 radical (unpaired) electrons. The maximum Gasteiger partial charge on any atom is 0.252 e. The summed E-state index contributed by atoms with van der Waals surface area (Å²) >= 11 is 3.37. The maximum atomic E-state index is 12.0. The van der Waals surface area contributed by atoms with Crippen molar-refractivity contribution >= 4 is 46.7 Å². The second-order valence-electron chi connectivity index (χ2n) is 4.95. The molecule has 1 aromatic carbocycles. The molecule has 0 fully saturated rings. The average Bonchev–Trinajstić information content (AvgIpc) is 2.57. The summed E-state index contributed by atoms with van der Waals surface area (Å²) in [6.07, 6.45) is 2.60. The van der Waals surface area contributed by atoms with Gasteiger partial charge in [0, 0.05) is 29.8 Å². The second kappa shape index (κ2) is 12.9. The third kappa shape index (κ3) is 8.54. The van der Waals surface area contributed by atoms with Gasteiger partial charge in [-0.1, -0.05) is 22.9 Å². The standard InChI is InChI=1S/C17H20BrN3O2.2ClH/c1-2-9-19-10-11-20-17(22)13-3-8-16(21-12-13)23-15-6-4-14(18)5-7-15;;/h3-8,12,19H,2,9-11H2,1H3,(H,20,22);2*1H. The fourth-order valence-corrected chi connectivity index (χ4v) is 2.13. The number of amides is 1. The van der Waals surface area contributed by atoms with Crippen LogP contribution in [0.1, 0.15) is 23.7 Å². The van der Waals surface area contributed by atoms with Gasteiger partial charge in [0.15, 0.2) is 0 Å². The van der Waals surface area contributed by atoms with Crippen molar-refractivity contribution < 1.29 is 9.53 Å². The van der Waals surface area contributed by atoms with E-state index in [0.717, 1.165) is 24.0 Å². The van der Waals surface area contributed by atoms with Gasteiger partial charge in [-0.25, -0.2) is 4.98 Å². The highest BCUT2D eigenvalue weighted by Crippen LogP contribution is 2.21. The van der Waals surface area contributed by atoms with Crippen LogP contribution in [0, 0.1) is 0 Å². The van der Waals surface area contributed by atoms with Crippen LogP contribution < -0.4 is 15.4 Å². The molecule has 0 saturated heterocycles. The average molecular weight is 451 g/mol. The summed E-state index contributed by atoms with van der Waals surface area (Å²) in [4.78, 5) is 16.1. The molecule has 5 nitrogen and oxygen atoms in total. The predicted octanol–water partition coefficient (Wildman–Crippen LogP) is 4.21. The van der Waals surface area contributed by atoms with Gasteiger partial charge in [-0.05, 0) is 43.3 Å². The first-order valence-corrected chi connectivity index (χ1v) is 8.36. The van der Waals surface area contributed by atoms with Gasteiger partial charge < -0.3 is 15.4 Å². The number of aromatic nitrogens is 1. The number of rotatable bonds is 8. The molecule has 25 heavy (non-hydrogen) atoms. The van der Waals surface area contributed by atoms with Crippen LogP contribution in [0.3, 0.4) is 0 Å². The Morgan fingerprint density at radius 3 is 2.40 bits per heavy atom. The number of hydrogen-bond donors (Lipinski definition) is 2. The molecule has 2 rings (SSSR count). The fraction of sp³-hybridized carbons (Fsp3) is 0.294. The van der Waals surface area contributed by atoms with Gasteiger partial charge in [0.25, 0.3) is 5.91 Å². The molecule has 0 aliphatic carbocycles. The molecular weight excluding hydrogens is 429 g/mol. The lowest BCUT2D eigenvalue weighted by Gasteiger charge is -2.07. The molecule has 2 N–H and O–H groups in total. The molecule has 0 saturated carbocycles. The van der Waals surface area contributed by atoms with Crippen LogP contribution in [0.25, 0.3) is 0 Å². The SMILES string of the molecule is CCCNCCNC(=O)c1ccc(Oc2ccc(Br)cc2)nc1.Cl.Cl. The van der Waals surface area contributed by atoms with Gasteiger partial charge in [0.2, 0.25) is 5.88 Å². The molecule has 2 aromatic rings. The number of nitrogens with zero attached hydrogens (tertiary/aromatic N) is 1. The Bertz CT molecular complexity index is 625. The first-order valence-electron chi connectivity index (χ1n) is 7.57. The lowest BCUT2D eigenvalue weighted by molar-refractivity contribution is 0.0953. The minimum Gasteiger partial charge on any atom is -0.439 e. The van der Waals surface area contributed by atoms with E-state index in [1.807, 2.05) is 24.3 Å². The summed E-state index contributed by atoms with van der Waals surface area (Å²) in [6, 6.07) is 10.9. The molecule has 0 aliphatic rings. The van der Waals surface area contributed by atoms with E-state index >= 15 is 0 Å². The molecule has 8 heteroatoms. The zero-order chi connectivity index (χ0) is 16.5. The Kier molecular flexibility index (Phi) is 12.2. The molecule has 0 atom stereocenters. The summed E-state index contributed by atoms with van der Waals surface area (Å²) in [5.41, 5.74) is 0.517. The summed E-state index contributed by atoms with van der Waals surface area (Å²) in [5.74, 6) is 1.01.